The van der Waals surface area contributed by atoms with Crippen LogP contribution in [0.1, 0.15) is 29.5 Å². The third-order valence-corrected chi connectivity index (χ3v) is 3.33. The van der Waals surface area contributed by atoms with Gasteiger partial charge in [-0.3, -0.25) is 9.89 Å². The van der Waals surface area contributed by atoms with Crippen molar-refractivity contribution in [3.05, 3.63) is 35.7 Å². The van der Waals surface area contributed by atoms with E-state index in [1.54, 1.807) is 20.2 Å². The van der Waals surface area contributed by atoms with Crippen LogP contribution in [0, 0.1) is 0 Å². The molecule has 1 heterocycles. The predicted molar refractivity (Wildman–Crippen MR) is 82.7 cm³/mol. The summed E-state index contributed by atoms with van der Waals surface area (Å²) >= 11 is 0. The van der Waals surface area contributed by atoms with Gasteiger partial charge in [0.15, 0.2) is 5.69 Å². The van der Waals surface area contributed by atoms with E-state index in [-0.39, 0.29) is 11.6 Å². The molecule has 0 saturated heterocycles. The summed E-state index contributed by atoms with van der Waals surface area (Å²) in [6.45, 7) is 2.05. The van der Waals surface area contributed by atoms with E-state index in [0.29, 0.717) is 11.4 Å². The van der Waals surface area contributed by atoms with Gasteiger partial charge in [0, 0.05) is 18.8 Å². The Morgan fingerprint density at radius 1 is 1.48 bits per heavy atom. The van der Waals surface area contributed by atoms with E-state index in [9.17, 15) is 4.79 Å². The number of hydrogen-bond acceptors (Lipinski definition) is 4. The second-order valence-electron chi connectivity index (χ2n) is 4.78. The first-order valence-electron chi connectivity index (χ1n) is 6.83. The zero-order valence-corrected chi connectivity index (χ0v) is 12.5. The molecule has 2 aromatic rings. The number of H-pyrrole nitrogens is 1. The number of benzene rings is 1. The number of nitrogens with one attached hydrogen (secondary N) is 1. The second kappa shape index (κ2) is 6.30. The van der Waals surface area contributed by atoms with Crippen LogP contribution in [0.2, 0.25) is 0 Å². The number of ether oxygens (including phenoxy) is 1. The molecule has 0 spiro atoms. The number of nitrogens with zero attached hydrogens (tertiary/aromatic N) is 2. The minimum Gasteiger partial charge on any atom is -0.497 e. The molecule has 0 aliphatic rings. The van der Waals surface area contributed by atoms with Gasteiger partial charge in [0.1, 0.15) is 5.75 Å². The summed E-state index contributed by atoms with van der Waals surface area (Å²) < 4.78 is 5.17. The van der Waals surface area contributed by atoms with Crippen LogP contribution in [0.5, 0.6) is 5.75 Å². The summed E-state index contributed by atoms with van der Waals surface area (Å²) in [7, 11) is 3.27. The number of aryl methyl sites for hydroxylation is 1. The van der Waals surface area contributed by atoms with Gasteiger partial charge in [0.2, 0.25) is 0 Å². The molecule has 6 heteroatoms. The van der Waals surface area contributed by atoms with Gasteiger partial charge in [-0.1, -0.05) is 19.4 Å². The van der Waals surface area contributed by atoms with E-state index in [0.717, 1.165) is 24.2 Å². The van der Waals surface area contributed by atoms with Crippen molar-refractivity contribution >= 4 is 17.3 Å². The Morgan fingerprint density at radius 2 is 2.24 bits per heavy atom. The van der Waals surface area contributed by atoms with Gasteiger partial charge < -0.3 is 15.4 Å². The van der Waals surface area contributed by atoms with E-state index in [1.165, 1.54) is 4.90 Å². The molecule has 6 nitrogen and oxygen atoms in total. The molecule has 1 aromatic heterocycles. The highest BCUT2D eigenvalue weighted by atomic mass is 16.5. The monoisotopic (exact) mass is 288 g/mol. The largest absolute Gasteiger partial charge is 0.497 e. The molecule has 0 aliphatic carbocycles. The number of aromatic nitrogens is 2. The number of nitrogen functional groups attached to an aromatic ring is 1. The van der Waals surface area contributed by atoms with Gasteiger partial charge in [-0.05, 0) is 18.6 Å². The van der Waals surface area contributed by atoms with Crippen molar-refractivity contribution in [3.63, 3.8) is 0 Å². The van der Waals surface area contributed by atoms with Crippen molar-refractivity contribution < 1.29 is 9.53 Å². The lowest BCUT2D eigenvalue weighted by molar-refractivity contribution is 0.0989. The Kier molecular flexibility index (Phi) is 4.47. The van der Waals surface area contributed by atoms with Crippen molar-refractivity contribution in [3.8, 4) is 5.75 Å². The van der Waals surface area contributed by atoms with E-state index in [1.807, 2.05) is 25.1 Å². The summed E-state index contributed by atoms with van der Waals surface area (Å²) in [6, 6.07) is 7.27. The zero-order chi connectivity index (χ0) is 15.4. The lowest BCUT2D eigenvalue weighted by Crippen LogP contribution is -2.27. The Balaban J connectivity index is 2.26. The predicted octanol–water partition coefficient (Wildman–Crippen LogP) is 2.23. The van der Waals surface area contributed by atoms with Crippen LogP contribution in [0.15, 0.2) is 24.3 Å². The van der Waals surface area contributed by atoms with Crippen LogP contribution in [0.25, 0.3) is 0 Å². The Bertz CT molecular complexity index is 636. The zero-order valence-electron chi connectivity index (χ0n) is 12.5. The molecule has 0 unspecified atom stereocenters. The molecule has 21 heavy (non-hydrogen) atoms. The quantitative estimate of drug-likeness (QED) is 0.883. The normalized spacial score (nSPS) is 10.4. The number of methoxy groups -OCH3 is 1. The first-order valence-corrected chi connectivity index (χ1v) is 6.83. The Labute approximate surface area is 123 Å². The van der Waals surface area contributed by atoms with Crippen LogP contribution < -0.4 is 15.4 Å². The number of rotatable bonds is 5. The molecule has 1 amide bonds. The highest BCUT2D eigenvalue weighted by Gasteiger charge is 2.21. The lowest BCUT2D eigenvalue weighted by Gasteiger charge is -2.17. The van der Waals surface area contributed by atoms with Crippen LogP contribution in [-0.4, -0.2) is 30.3 Å². The molecule has 0 aliphatic heterocycles. The maximum Gasteiger partial charge on any atom is 0.280 e. The first kappa shape index (κ1) is 14.9. The molecule has 0 atom stereocenters. The third-order valence-electron chi connectivity index (χ3n) is 3.33. The Morgan fingerprint density at radius 3 is 2.90 bits per heavy atom. The van der Waals surface area contributed by atoms with Gasteiger partial charge in [-0.15, -0.1) is 0 Å². The number of anilines is 2. The molecular weight excluding hydrogens is 268 g/mol. The summed E-state index contributed by atoms with van der Waals surface area (Å²) in [5, 5.41) is 6.89. The van der Waals surface area contributed by atoms with E-state index < -0.39 is 0 Å². The standard InChI is InChI=1S/C15H20N4O2/c1-4-6-12-13(16)14(18-17-12)15(20)19(2)10-7-5-8-11(9-10)21-3/h5,7-9H,4,6,16H2,1-3H3,(H,17,18). The number of amides is 1. The molecule has 0 radical (unpaired) electrons. The fourth-order valence-electron chi connectivity index (χ4n) is 2.09. The van der Waals surface area contributed by atoms with Crippen LogP contribution in [-0.2, 0) is 6.42 Å². The number of carbonyl (C=O) groups excluding carboxylic acids is 1. The van der Waals surface area contributed by atoms with E-state index >= 15 is 0 Å². The molecular formula is C15H20N4O2. The highest BCUT2D eigenvalue weighted by Crippen LogP contribution is 2.23. The maximum atomic E-state index is 12.5. The Hall–Kier alpha value is -2.50. The minimum absolute atomic E-state index is 0.251. The van der Waals surface area contributed by atoms with Gasteiger partial charge >= 0.3 is 0 Å². The topological polar surface area (TPSA) is 84.2 Å². The number of nitrogens with two attached hydrogens (primary N) is 1. The number of hydrogen-bond donors (Lipinski definition) is 2. The maximum absolute atomic E-state index is 12.5. The third kappa shape index (κ3) is 2.99. The van der Waals surface area contributed by atoms with Gasteiger partial charge in [0.25, 0.3) is 5.91 Å². The molecule has 3 N–H and O–H groups in total. The molecule has 0 saturated carbocycles. The van der Waals surface area contributed by atoms with Crippen molar-refractivity contribution in [2.75, 3.05) is 24.8 Å². The van der Waals surface area contributed by atoms with Gasteiger partial charge in [0.05, 0.1) is 18.5 Å². The summed E-state index contributed by atoms with van der Waals surface area (Å²) in [4.78, 5) is 14.0. The van der Waals surface area contributed by atoms with Crippen molar-refractivity contribution in [2.45, 2.75) is 19.8 Å². The molecule has 2 rings (SSSR count). The lowest BCUT2D eigenvalue weighted by atomic mass is 10.2. The average Bonchev–Trinajstić information content (AvgIpc) is 2.87. The van der Waals surface area contributed by atoms with Crippen molar-refractivity contribution in [1.29, 1.82) is 0 Å². The minimum atomic E-state index is -0.251. The molecule has 0 fully saturated rings. The number of carbonyl (C=O) groups is 1. The van der Waals surface area contributed by atoms with Gasteiger partial charge in [-0.25, -0.2) is 0 Å². The summed E-state index contributed by atoms with van der Waals surface area (Å²) in [5.74, 6) is 0.438. The molecule has 0 bridgehead atoms. The van der Waals surface area contributed by atoms with Crippen LogP contribution in [0.3, 0.4) is 0 Å². The van der Waals surface area contributed by atoms with Crippen LogP contribution >= 0.6 is 0 Å². The first-order chi connectivity index (χ1) is 10.1. The van der Waals surface area contributed by atoms with E-state index in [2.05, 4.69) is 10.2 Å². The summed E-state index contributed by atoms with van der Waals surface area (Å²) in [5.41, 5.74) is 8.20. The summed E-state index contributed by atoms with van der Waals surface area (Å²) in [6.07, 6.45) is 1.71. The SMILES string of the molecule is CCCc1[nH]nc(C(=O)N(C)c2cccc(OC)c2)c1N. The highest BCUT2D eigenvalue weighted by molar-refractivity contribution is 6.07. The average molecular weight is 288 g/mol. The molecule has 112 valence electrons. The van der Waals surface area contributed by atoms with Crippen molar-refractivity contribution in [1.82, 2.24) is 10.2 Å². The smallest absolute Gasteiger partial charge is 0.280 e. The number of aromatic amines is 1. The van der Waals surface area contributed by atoms with Crippen molar-refractivity contribution in [2.24, 2.45) is 0 Å². The fourth-order valence-corrected chi connectivity index (χ4v) is 2.09. The van der Waals surface area contributed by atoms with E-state index in [4.69, 9.17) is 10.5 Å². The second-order valence-corrected chi connectivity index (χ2v) is 4.78. The van der Waals surface area contributed by atoms with Gasteiger partial charge in [-0.2, -0.15) is 5.10 Å². The fraction of sp³-hybridized carbons (Fsp3) is 0.333. The molecule has 1 aromatic carbocycles. The van der Waals surface area contributed by atoms with Crippen LogP contribution in [0.4, 0.5) is 11.4 Å².